The van der Waals surface area contributed by atoms with E-state index in [1.165, 1.54) is 12.1 Å². The minimum absolute atomic E-state index is 0.0430. The summed E-state index contributed by atoms with van der Waals surface area (Å²) in [5.74, 6) is 0.0891. The van der Waals surface area contributed by atoms with Gasteiger partial charge in [-0.15, -0.1) is 13.2 Å². The lowest BCUT2D eigenvalue weighted by Crippen LogP contribution is -2.42. The molecule has 3 rings (SSSR count). The second-order valence-electron chi connectivity index (χ2n) is 6.56. The number of alkyl halides is 3. The number of hydrogen-bond donors (Lipinski definition) is 1. The van der Waals surface area contributed by atoms with E-state index in [2.05, 4.69) is 10.1 Å². The third kappa shape index (κ3) is 4.07. The van der Waals surface area contributed by atoms with E-state index in [-0.39, 0.29) is 17.3 Å². The van der Waals surface area contributed by atoms with E-state index in [9.17, 15) is 18.0 Å². The maximum absolute atomic E-state index is 12.4. The van der Waals surface area contributed by atoms with E-state index < -0.39 is 6.36 Å². The Labute approximate surface area is 144 Å². The van der Waals surface area contributed by atoms with Crippen molar-refractivity contribution in [2.45, 2.75) is 24.8 Å². The molecule has 2 saturated heterocycles. The summed E-state index contributed by atoms with van der Waals surface area (Å²) >= 11 is 0. The monoisotopic (exact) mass is 358 g/mol. The van der Waals surface area contributed by atoms with Gasteiger partial charge in [0.2, 0.25) is 5.91 Å². The SMILES string of the molecule is CO[C@@]12CNC[C@H]1CN(C(=O)CCc1ccc(OC(F)(F)F)cc1)C2. The zero-order chi connectivity index (χ0) is 18.1. The molecule has 0 aliphatic carbocycles. The first-order valence-electron chi connectivity index (χ1n) is 8.20. The summed E-state index contributed by atoms with van der Waals surface area (Å²) in [6.45, 7) is 2.85. The van der Waals surface area contributed by atoms with Gasteiger partial charge >= 0.3 is 6.36 Å². The number of methoxy groups -OCH3 is 1. The van der Waals surface area contributed by atoms with Crippen LogP contribution in [0.15, 0.2) is 24.3 Å². The molecule has 25 heavy (non-hydrogen) atoms. The van der Waals surface area contributed by atoms with Crippen molar-refractivity contribution in [2.75, 3.05) is 33.3 Å². The number of fused-ring (bicyclic) bond motifs is 1. The van der Waals surface area contributed by atoms with Crippen LogP contribution in [0.1, 0.15) is 12.0 Å². The number of rotatable bonds is 5. The van der Waals surface area contributed by atoms with Gasteiger partial charge < -0.3 is 19.7 Å². The largest absolute Gasteiger partial charge is 0.573 e. The second-order valence-corrected chi connectivity index (χ2v) is 6.56. The van der Waals surface area contributed by atoms with Gasteiger partial charge in [0.15, 0.2) is 0 Å². The first-order chi connectivity index (χ1) is 11.8. The van der Waals surface area contributed by atoms with Crippen LogP contribution in [0.2, 0.25) is 0 Å². The van der Waals surface area contributed by atoms with E-state index in [1.807, 2.05) is 4.90 Å². The first kappa shape index (κ1) is 18.0. The van der Waals surface area contributed by atoms with Crippen molar-refractivity contribution < 1.29 is 27.4 Å². The van der Waals surface area contributed by atoms with Crippen LogP contribution in [0.25, 0.3) is 0 Å². The maximum atomic E-state index is 12.4. The summed E-state index contributed by atoms with van der Waals surface area (Å²) < 4.78 is 45.9. The number of aryl methyl sites for hydroxylation is 1. The highest BCUT2D eigenvalue weighted by molar-refractivity contribution is 5.77. The summed E-state index contributed by atoms with van der Waals surface area (Å²) in [5, 5.41) is 3.30. The van der Waals surface area contributed by atoms with Crippen molar-refractivity contribution in [3.63, 3.8) is 0 Å². The number of hydrogen-bond acceptors (Lipinski definition) is 4. The molecule has 2 aliphatic rings. The van der Waals surface area contributed by atoms with Gasteiger partial charge in [-0.05, 0) is 24.1 Å². The van der Waals surface area contributed by atoms with E-state index >= 15 is 0 Å². The van der Waals surface area contributed by atoms with Crippen LogP contribution in [0, 0.1) is 5.92 Å². The molecule has 0 radical (unpaired) electrons. The van der Waals surface area contributed by atoms with Gasteiger partial charge in [-0.25, -0.2) is 0 Å². The number of halogens is 3. The van der Waals surface area contributed by atoms with Gasteiger partial charge in [0, 0.05) is 39.1 Å². The molecule has 1 aromatic carbocycles. The third-order valence-corrected chi connectivity index (χ3v) is 5.00. The Balaban J connectivity index is 1.51. The van der Waals surface area contributed by atoms with Crippen LogP contribution in [0.4, 0.5) is 13.2 Å². The molecule has 0 aromatic heterocycles. The van der Waals surface area contributed by atoms with Crippen LogP contribution in [-0.2, 0) is 16.0 Å². The zero-order valence-electron chi connectivity index (χ0n) is 13.9. The Kier molecular flexibility index (Phi) is 4.92. The molecule has 8 heteroatoms. The van der Waals surface area contributed by atoms with E-state index in [0.717, 1.165) is 18.7 Å². The number of carbonyl (C=O) groups is 1. The van der Waals surface area contributed by atoms with Crippen LogP contribution in [0.3, 0.4) is 0 Å². The standard InChI is InChI=1S/C17H21F3N2O3/c1-24-16-10-21-8-13(16)9-22(11-16)15(23)7-4-12-2-5-14(6-3-12)25-17(18,19)20/h2-3,5-6,13,21H,4,7-11H2,1H3/t13-,16+/m0/s1. The molecule has 2 fully saturated rings. The van der Waals surface area contributed by atoms with Crippen molar-refractivity contribution in [3.05, 3.63) is 29.8 Å². The molecule has 1 amide bonds. The Morgan fingerprint density at radius 3 is 2.68 bits per heavy atom. The summed E-state index contributed by atoms with van der Waals surface area (Å²) in [5.41, 5.74) is 0.511. The molecule has 2 aliphatic heterocycles. The van der Waals surface area contributed by atoms with Crippen molar-refractivity contribution in [1.82, 2.24) is 10.2 Å². The van der Waals surface area contributed by atoms with Crippen molar-refractivity contribution >= 4 is 5.91 Å². The topological polar surface area (TPSA) is 50.8 Å². The van der Waals surface area contributed by atoms with Gasteiger partial charge in [0.1, 0.15) is 11.4 Å². The van der Waals surface area contributed by atoms with Crippen LogP contribution in [-0.4, -0.2) is 56.1 Å². The maximum Gasteiger partial charge on any atom is 0.573 e. The molecule has 1 aromatic rings. The van der Waals surface area contributed by atoms with E-state index in [1.54, 1.807) is 19.2 Å². The number of benzene rings is 1. The lowest BCUT2D eigenvalue weighted by molar-refractivity contribution is -0.274. The molecular weight excluding hydrogens is 337 g/mol. The normalized spacial score (nSPS) is 25.9. The molecule has 138 valence electrons. The van der Waals surface area contributed by atoms with Crippen molar-refractivity contribution in [1.29, 1.82) is 0 Å². The van der Waals surface area contributed by atoms with Crippen molar-refractivity contribution in [2.24, 2.45) is 5.92 Å². The molecule has 0 saturated carbocycles. The Morgan fingerprint density at radius 1 is 1.36 bits per heavy atom. The molecule has 2 heterocycles. The van der Waals surface area contributed by atoms with Gasteiger partial charge in [-0.1, -0.05) is 12.1 Å². The highest BCUT2D eigenvalue weighted by Crippen LogP contribution is 2.34. The molecule has 5 nitrogen and oxygen atoms in total. The number of ether oxygens (including phenoxy) is 2. The predicted molar refractivity (Wildman–Crippen MR) is 84.1 cm³/mol. The lowest BCUT2D eigenvalue weighted by Gasteiger charge is -2.26. The molecule has 0 bridgehead atoms. The highest BCUT2D eigenvalue weighted by atomic mass is 19.4. The average Bonchev–Trinajstić information content (AvgIpc) is 3.10. The molecule has 0 unspecified atom stereocenters. The summed E-state index contributed by atoms with van der Waals surface area (Å²) in [7, 11) is 1.68. The fourth-order valence-corrected chi connectivity index (χ4v) is 3.62. The molecule has 0 spiro atoms. The van der Waals surface area contributed by atoms with Crippen molar-refractivity contribution in [3.8, 4) is 5.75 Å². The lowest BCUT2D eigenvalue weighted by atomic mass is 9.95. The Bertz CT molecular complexity index is 621. The third-order valence-electron chi connectivity index (χ3n) is 5.00. The Morgan fingerprint density at radius 2 is 2.08 bits per heavy atom. The van der Waals surface area contributed by atoms with Crippen LogP contribution < -0.4 is 10.1 Å². The Hall–Kier alpha value is -1.80. The van der Waals surface area contributed by atoms with Gasteiger partial charge in [-0.2, -0.15) is 0 Å². The number of nitrogens with zero attached hydrogens (tertiary/aromatic N) is 1. The molecular formula is C17H21F3N2O3. The fraction of sp³-hybridized carbons (Fsp3) is 0.588. The summed E-state index contributed by atoms with van der Waals surface area (Å²) in [4.78, 5) is 14.3. The second kappa shape index (κ2) is 6.84. The predicted octanol–water partition coefficient (Wildman–Crippen LogP) is 1.96. The number of amides is 1. The zero-order valence-corrected chi connectivity index (χ0v) is 13.9. The minimum atomic E-state index is -4.70. The number of likely N-dealkylation sites (tertiary alicyclic amines) is 1. The average molecular weight is 358 g/mol. The molecule has 2 atom stereocenters. The first-order valence-corrected chi connectivity index (χ1v) is 8.20. The number of nitrogens with one attached hydrogen (secondary N) is 1. The summed E-state index contributed by atoms with van der Waals surface area (Å²) in [6.07, 6.45) is -3.90. The summed E-state index contributed by atoms with van der Waals surface area (Å²) in [6, 6.07) is 5.62. The van der Waals surface area contributed by atoms with Gasteiger partial charge in [-0.3, -0.25) is 4.79 Å². The quantitative estimate of drug-likeness (QED) is 0.874. The van der Waals surface area contributed by atoms with Gasteiger partial charge in [0.05, 0.1) is 6.54 Å². The molecule has 1 N–H and O–H groups in total. The van der Waals surface area contributed by atoms with Crippen LogP contribution >= 0.6 is 0 Å². The highest BCUT2D eigenvalue weighted by Gasteiger charge is 2.51. The fourth-order valence-electron chi connectivity index (χ4n) is 3.62. The van der Waals surface area contributed by atoms with E-state index in [4.69, 9.17) is 4.74 Å². The van der Waals surface area contributed by atoms with E-state index in [0.29, 0.717) is 31.8 Å². The van der Waals surface area contributed by atoms with Crippen LogP contribution in [0.5, 0.6) is 5.75 Å². The number of carbonyl (C=O) groups excluding carboxylic acids is 1. The smallest absolute Gasteiger partial charge is 0.406 e. The van der Waals surface area contributed by atoms with Gasteiger partial charge in [0.25, 0.3) is 0 Å². The minimum Gasteiger partial charge on any atom is -0.406 e.